The minimum atomic E-state index is 0.179. The largest absolute Gasteiger partial charge is 0.374 e. The molecule has 2 unspecified atom stereocenters. The smallest absolute Gasteiger partial charge is 0.0827 e. The Morgan fingerprint density at radius 2 is 2.31 bits per heavy atom. The van der Waals surface area contributed by atoms with Gasteiger partial charge in [0, 0.05) is 25.7 Å². The standard InChI is InChI=1S/C13H24N2O/c1-5-12(6-2)14-9-13-10-15(11(3)4)7-8-16-13/h1,11-14H,6-10H2,2-4H3. The molecule has 3 heteroatoms. The van der Waals surface area contributed by atoms with Gasteiger partial charge in [0.15, 0.2) is 0 Å². The first kappa shape index (κ1) is 13.5. The second kappa shape index (κ2) is 6.90. The van der Waals surface area contributed by atoms with E-state index in [1.165, 1.54) is 0 Å². The molecule has 3 nitrogen and oxygen atoms in total. The Labute approximate surface area is 99.5 Å². The van der Waals surface area contributed by atoms with Gasteiger partial charge in [-0.05, 0) is 20.3 Å². The Bertz CT molecular complexity index is 235. The molecular formula is C13H24N2O. The molecule has 2 atom stereocenters. The molecule has 1 heterocycles. The summed E-state index contributed by atoms with van der Waals surface area (Å²) in [5.41, 5.74) is 0. The van der Waals surface area contributed by atoms with Crippen LogP contribution in [0.5, 0.6) is 0 Å². The zero-order valence-electron chi connectivity index (χ0n) is 10.7. The van der Waals surface area contributed by atoms with Crippen molar-refractivity contribution in [3.63, 3.8) is 0 Å². The predicted octanol–water partition coefficient (Wildman–Crippen LogP) is 1.10. The van der Waals surface area contributed by atoms with Crippen molar-refractivity contribution in [2.24, 2.45) is 0 Å². The van der Waals surface area contributed by atoms with Gasteiger partial charge in [0.05, 0.1) is 18.8 Å². The van der Waals surface area contributed by atoms with Crippen LogP contribution in [0.2, 0.25) is 0 Å². The lowest BCUT2D eigenvalue weighted by Crippen LogP contribution is -2.50. The number of nitrogens with zero attached hydrogens (tertiary/aromatic N) is 1. The van der Waals surface area contributed by atoms with Crippen molar-refractivity contribution in [3.05, 3.63) is 0 Å². The van der Waals surface area contributed by atoms with Crippen LogP contribution in [-0.4, -0.2) is 49.3 Å². The molecule has 1 rings (SSSR count). The molecule has 0 amide bonds. The number of terminal acetylenes is 1. The van der Waals surface area contributed by atoms with Crippen LogP contribution in [0.4, 0.5) is 0 Å². The summed E-state index contributed by atoms with van der Waals surface area (Å²) in [4.78, 5) is 2.45. The highest BCUT2D eigenvalue weighted by molar-refractivity contribution is 4.98. The Morgan fingerprint density at radius 3 is 2.88 bits per heavy atom. The van der Waals surface area contributed by atoms with Crippen molar-refractivity contribution in [1.29, 1.82) is 0 Å². The maximum Gasteiger partial charge on any atom is 0.0827 e. The molecule has 0 radical (unpaired) electrons. The van der Waals surface area contributed by atoms with Crippen LogP contribution in [0.1, 0.15) is 27.2 Å². The highest BCUT2D eigenvalue weighted by atomic mass is 16.5. The third kappa shape index (κ3) is 4.13. The van der Waals surface area contributed by atoms with Gasteiger partial charge in [-0.25, -0.2) is 0 Å². The minimum Gasteiger partial charge on any atom is -0.374 e. The SMILES string of the molecule is C#CC(CC)NCC1CN(C(C)C)CCO1. The quantitative estimate of drug-likeness (QED) is 0.708. The van der Waals surface area contributed by atoms with E-state index in [4.69, 9.17) is 11.2 Å². The van der Waals surface area contributed by atoms with Crippen LogP contribution < -0.4 is 5.32 Å². The fourth-order valence-electron chi connectivity index (χ4n) is 1.93. The predicted molar refractivity (Wildman–Crippen MR) is 67.4 cm³/mol. The summed E-state index contributed by atoms with van der Waals surface area (Å²) in [5.74, 6) is 2.75. The van der Waals surface area contributed by atoms with Crippen molar-refractivity contribution in [3.8, 4) is 12.3 Å². The highest BCUT2D eigenvalue weighted by Gasteiger charge is 2.22. The van der Waals surface area contributed by atoms with Crippen molar-refractivity contribution in [1.82, 2.24) is 10.2 Å². The zero-order chi connectivity index (χ0) is 12.0. The van der Waals surface area contributed by atoms with Crippen LogP contribution in [-0.2, 0) is 4.74 Å². The summed E-state index contributed by atoms with van der Waals surface area (Å²) in [6.07, 6.45) is 6.66. The zero-order valence-corrected chi connectivity index (χ0v) is 10.7. The third-order valence-corrected chi connectivity index (χ3v) is 3.10. The number of hydrogen-bond donors (Lipinski definition) is 1. The van der Waals surface area contributed by atoms with E-state index < -0.39 is 0 Å². The number of morpholine rings is 1. The Kier molecular flexibility index (Phi) is 5.83. The van der Waals surface area contributed by atoms with E-state index in [2.05, 4.69) is 36.9 Å². The van der Waals surface area contributed by atoms with Crippen molar-refractivity contribution in [2.75, 3.05) is 26.2 Å². The van der Waals surface area contributed by atoms with Crippen LogP contribution in [0.3, 0.4) is 0 Å². The summed E-state index contributed by atoms with van der Waals surface area (Å²) < 4.78 is 5.72. The Morgan fingerprint density at radius 1 is 1.56 bits per heavy atom. The fourth-order valence-corrected chi connectivity index (χ4v) is 1.93. The van der Waals surface area contributed by atoms with Gasteiger partial charge in [0.25, 0.3) is 0 Å². The first-order chi connectivity index (χ1) is 7.67. The van der Waals surface area contributed by atoms with Crippen LogP contribution in [0.25, 0.3) is 0 Å². The molecular weight excluding hydrogens is 200 g/mol. The first-order valence-electron chi connectivity index (χ1n) is 6.22. The van der Waals surface area contributed by atoms with E-state index in [-0.39, 0.29) is 12.1 Å². The molecule has 16 heavy (non-hydrogen) atoms. The van der Waals surface area contributed by atoms with Crippen LogP contribution in [0.15, 0.2) is 0 Å². The third-order valence-electron chi connectivity index (χ3n) is 3.10. The minimum absolute atomic E-state index is 0.179. The molecule has 0 aromatic heterocycles. The normalized spacial score (nSPS) is 24.3. The number of ether oxygens (including phenoxy) is 1. The molecule has 1 aliphatic rings. The van der Waals surface area contributed by atoms with E-state index >= 15 is 0 Å². The van der Waals surface area contributed by atoms with Gasteiger partial charge in [-0.1, -0.05) is 12.8 Å². The summed E-state index contributed by atoms with van der Waals surface area (Å²) >= 11 is 0. The molecule has 1 saturated heterocycles. The number of hydrogen-bond acceptors (Lipinski definition) is 3. The molecule has 0 spiro atoms. The summed E-state index contributed by atoms with van der Waals surface area (Å²) in [6, 6.07) is 0.777. The summed E-state index contributed by atoms with van der Waals surface area (Å²) in [7, 11) is 0. The number of nitrogens with one attached hydrogen (secondary N) is 1. The Balaban J connectivity index is 2.29. The van der Waals surface area contributed by atoms with Crippen LogP contribution >= 0.6 is 0 Å². The lowest BCUT2D eigenvalue weighted by molar-refractivity contribution is -0.0376. The average molecular weight is 224 g/mol. The highest BCUT2D eigenvalue weighted by Crippen LogP contribution is 2.08. The maximum absolute atomic E-state index is 5.72. The van der Waals surface area contributed by atoms with Crippen molar-refractivity contribution in [2.45, 2.75) is 45.4 Å². The average Bonchev–Trinajstić information content (AvgIpc) is 2.31. The van der Waals surface area contributed by atoms with Crippen LogP contribution in [0, 0.1) is 12.3 Å². The van der Waals surface area contributed by atoms with Gasteiger partial charge in [0.1, 0.15) is 0 Å². The van der Waals surface area contributed by atoms with Gasteiger partial charge < -0.3 is 10.1 Å². The fraction of sp³-hybridized carbons (Fsp3) is 0.846. The molecule has 0 aromatic carbocycles. The molecule has 0 aromatic rings. The second-order valence-corrected chi connectivity index (χ2v) is 4.62. The second-order valence-electron chi connectivity index (χ2n) is 4.62. The first-order valence-corrected chi connectivity index (χ1v) is 6.22. The lowest BCUT2D eigenvalue weighted by atomic mass is 10.2. The molecule has 0 aliphatic carbocycles. The molecule has 0 saturated carbocycles. The van der Waals surface area contributed by atoms with Gasteiger partial charge >= 0.3 is 0 Å². The molecule has 92 valence electrons. The van der Waals surface area contributed by atoms with E-state index in [0.29, 0.717) is 6.04 Å². The van der Waals surface area contributed by atoms with E-state index in [1.54, 1.807) is 0 Å². The lowest BCUT2D eigenvalue weighted by Gasteiger charge is -2.35. The van der Waals surface area contributed by atoms with Crippen molar-refractivity contribution >= 4 is 0 Å². The molecule has 1 N–H and O–H groups in total. The monoisotopic (exact) mass is 224 g/mol. The van der Waals surface area contributed by atoms with E-state index in [1.807, 2.05) is 0 Å². The Hall–Kier alpha value is -0.560. The van der Waals surface area contributed by atoms with Crippen molar-refractivity contribution < 1.29 is 4.74 Å². The molecule has 0 bridgehead atoms. The number of rotatable bonds is 5. The van der Waals surface area contributed by atoms with E-state index in [0.717, 1.165) is 32.7 Å². The summed E-state index contributed by atoms with van der Waals surface area (Å²) in [5, 5.41) is 3.36. The van der Waals surface area contributed by atoms with Gasteiger partial charge in [0.2, 0.25) is 0 Å². The van der Waals surface area contributed by atoms with E-state index in [9.17, 15) is 0 Å². The topological polar surface area (TPSA) is 24.5 Å². The van der Waals surface area contributed by atoms with Gasteiger partial charge in [-0.15, -0.1) is 6.42 Å². The maximum atomic E-state index is 5.72. The summed E-state index contributed by atoms with van der Waals surface area (Å²) in [6.45, 7) is 10.3. The molecule has 1 fully saturated rings. The molecule has 1 aliphatic heterocycles. The van der Waals surface area contributed by atoms with Gasteiger partial charge in [-0.3, -0.25) is 4.90 Å². The van der Waals surface area contributed by atoms with Gasteiger partial charge in [-0.2, -0.15) is 0 Å².